The number of carbonyl (C=O) groups is 2. The van der Waals surface area contributed by atoms with Crippen LogP contribution in [0, 0.1) is 10.8 Å². The molecule has 5 heteroatoms. The van der Waals surface area contributed by atoms with E-state index in [0.29, 0.717) is 5.56 Å². The zero-order valence-corrected chi connectivity index (χ0v) is 12.9. The molecular weight excluding hydrogens is 256 g/mol. The Hall–Kier alpha value is -1.07. The third-order valence-corrected chi connectivity index (χ3v) is 3.32. The third-order valence-electron chi connectivity index (χ3n) is 3.32. The van der Waals surface area contributed by atoms with Gasteiger partial charge in [0, 0.05) is 0 Å². The molecule has 0 amide bonds. The van der Waals surface area contributed by atoms with Crippen LogP contribution in [0.4, 0.5) is 0 Å². The van der Waals surface area contributed by atoms with Crippen LogP contribution in [-0.2, 0) is 16.0 Å². The van der Waals surface area contributed by atoms with Gasteiger partial charge < -0.3 is 13.1 Å². The van der Waals surface area contributed by atoms with Crippen molar-refractivity contribution in [2.45, 2.75) is 27.2 Å². The SMILES string of the molecule is CC(C)(C)C(Cc1ccccc1)(C(=O)O)C(=O)O.[H-].[H-].[Mg+2]. The van der Waals surface area contributed by atoms with Crippen molar-refractivity contribution in [2.75, 3.05) is 0 Å². The van der Waals surface area contributed by atoms with Gasteiger partial charge in [0.25, 0.3) is 0 Å². The Morgan fingerprint density at radius 2 is 1.47 bits per heavy atom. The van der Waals surface area contributed by atoms with Gasteiger partial charge in [-0.25, -0.2) is 0 Å². The Kier molecular flexibility index (Phi) is 6.03. The Bertz CT molecular complexity index is 444. The van der Waals surface area contributed by atoms with Crippen molar-refractivity contribution in [1.82, 2.24) is 0 Å². The minimum Gasteiger partial charge on any atom is -1.00 e. The molecule has 0 heterocycles. The predicted molar refractivity (Wildman–Crippen MR) is 75.3 cm³/mol. The third kappa shape index (κ3) is 3.48. The van der Waals surface area contributed by atoms with E-state index in [1.54, 1.807) is 45.0 Å². The number of hydrogen-bond acceptors (Lipinski definition) is 2. The molecule has 0 saturated carbocycles. The first-order chi connectivity index (χ1) is 8.22. The molecule has 0 aliphatic rings. The average Bonchev–Trinajstić information content (AvgIpc) is 2.24. The summed E-state index contributed by atoms with van der Waals surface area (Å²) in [6.07, 6.45) is -0.0258. The topological polar surface area (TPSA) is 74.6 Å². The summed E-state index contributed by atoms with van der Waals surface area (Å²) in [7, 11) is 0. The summed E-state index contributed by atoms with van der Waals surface area (Å²) >= 11 is 0. The largest absolute Gasteiger partial charge is 2.00 e. The maximum Gasteiger partial charge on any atom is 2.00 e. The second-order valence-corrected chi connectivity index (χ2v) is 5.43. The zero-order chi connectivity index (χ0) is 14.0. The van der Waals surface area contributed by atoms with Crippen molar-refractivity contribution < 1.29 is 22.7 Å². The molecule has 0 saturated heterocycles. The molecule has 0 radical (unpaired) electrons. The van der Waals surface area contributed by atoms with Crippen LogP contribution in [0.15, 0.2) is 30.3 Å². The van der Waals surface area contributed by atoms with Gasteiger partial charge in [0.1, 0.15) is 0 Å². The minimum absolute atomic E-state index is 0. The molecule has 0 fully saturated rings. The van der Waals surface area contributed by atoms with E-state index in [1.165, 1.54) is 0 Å². The summed E-state index contributed by atoms with van der Waals surface area (Å²) in [6, 6.07) is 8.83. The summed E-state index contributed by atoms with van der Waals surface area (Å²) in [5.41, 5.74) is -2.01. The summed E-state index contributed by atoms with van der Waals surface area (Å²) in [5, 5.41) is 18.8. The number of aliphatic carboxylic acids is 2. The molecule has 102 valence electrons. The Labute approximate surface area is 132 Å². The fourth-order valence-electron chi connectivity index (χ4n) is 2.05. The normalized spacial score (nSPS) is 11.5. The van der Waals surface area contributed by atoms with Gasteiger partial charge in [-0.3, -0.25) is 9.59 Å². The van der Waals surface area contributed by atoms with Crippen LogP contribution in [0.2, 0.25) is 0 Å². The fourth-order valence-corrected chi connectivity index (χ4v) is 2.05. The van der Waals surface area contributed by atoms with E-state index in [0.717, 1.165) is 0 Å². The first kappa shape index (κ1) is 17.9. The van der Waals surface area contributed by atoms with Gasteiger partial charge in [-0.1, -0.05) is 51.1 Å². The number of benzene rings is 1. The summed E-state index contributed by atoms with van der Waals surface area (Å²) in [5.74, 6) is -2.60. The van der Waals surface area contributed by atoms with Gasteiger partial charge in [0.2, 0.25) is 0 Å². The zero-order valence-electron chi connectivity index (χ0n) is 13.5. The fraction of sp³-hybridized carbons (Fsp3) is 0.429. The molecule has 0 spiro atoms. The monoisotopic (exact) mass is 276 g/mol. The molecule has 0 bridgehead atoms. The van der Waals surface area contributed by atoms with E-state index in [-0.39, 0.29) is 32.3 Å². The van der Waals surface area contributed by atoms with E-state index >= 15 is 0 Å². The Morgan fingerprint density at radius 3 is 1.79 bits per heavy atom. The van der Waals surface area contributed by atoms with Gasteiger partial charge in [0.15, 0.2) is 5.41 Å². The molecule has 1 aromatic carbocycles. The number of carboxylic acid groups (broad SMARTS) is 2. The second kappa shape index (κ2) is 6.39. The second-order valence-electron chi connectivity index (χ2n) is 5.43. The molecule has 4 nitrogen and oxygen atoms in total. The van der Waals surface area contributed by atoms with E-state index < -0.39 is 22.8 Å². The average molecular weight is 277 g/mol. The van der Waals surface area contributed by atoms with Crippen LogP contribution in [0.25, 0.3) is 0 Å². The Morgan fingerprint density at radius 1 is 1.05 bits per heavy atom. The number of carboxylic acids is 2. The van der Waals surface area contributed by atoms with Crippen LogP contribution in [-0.4, -0.2) is 45.2 Å². The minimum atomic E-state index is -1.83. The van der Waals surface area contributed by atoms with Gasteiger partial charge in [-0.05, 0) is 17.4 Å². The quantitative estimate of drug-likeness (QED) is 0.653. The molecule has 0 atom stereocenters. The molecule has 1 aromatic rings. The van der Waals surface area contributed by atoms with Crippen molar-refractivity contribution in [3.8, 4) is 0 Å². The van der Waals surface area contributed by atoms with Crippen LogP contribution >= 0.6 is 0 Å². The van der Waals surface area contributed by atoms with Crippen molar-refractivity contribution >= 4 is 35.0 Å². The molecule has 1 rings (SSSR count). The van der Waals surface area contributed by atoms with Gasteiger partial charge in [0.05, 0.1) is 0 Å². The first-order valence-electron chi connectivity index (χ1n) is 5.72. The molecule has 2 N–H and O–H groups in total. The molecular formula is C14H20MgO4. The van der Waals surface area contributed by atoms with Gasteiger partial charge in [-0.2, -0.15) is 0 Å². The van der Waals surface area contributed by atoms with Gasteiger partial charge >= 0.3 is 35.0 Å². The maximum absolute atomic E-state index is 11.5. The van der Waals surface area contributed by atoms with E-state index in [4.69, 9.17) is 0 Å². The number of rotatable bonds is 4. The summed E-state index contributed by atoms with van der Waals surface area (Å²) in [4.78, 5) is 23.1. The van der Waals surface area contributed by atoms with Crippen LogP contribution in [0.5, 0.6) is 0 Å². The maximum atomic E-state index is 11.5. The molecule has 0 aliphatic heterocycles. The molecule has 19 heavy (non-hydrogen) atoms. The standard InChI is InChI=1S/C14H18O4.Mg.2H/c1-13(2,3)14(11(15)16,12(17)18)9-10-7-5-4-6-8-10;;;/h4-8H,9H2,1-3H3,(H,15,16)(H,17,18);;;/q;+2;2*-1. The van der Waals surface area contributed by atoms with Crippen LogP contribution in [0.3, 0.4) is 0 Å². The van der Waals surface area contributed by atoms with Crippen molar-refractivity contribution in [3.05, 3.63) is 35.9 Å². The Balaban J connectivity index is -0.00000108. The predicted octanol–water partition coefficient (Wildman–Crippen LogP) is 2.27. The van der Waals surface area contributed by atoms with Crippen molar-refractivity contribution in [1.29, 1.82) is 0 Å². The number of hydrogen-bond donors (Lipinski definition) is 2. The summed E-state index contributed by atoms with van der Waals surface area (Å²) in [6.45, 7) is 4.91. The first-order valence-corrected chi connectivity index (χ1v) is 5.72. The van der Waals surface area contributed by atoms with Crippen molar-refractivity contribution in [3.63, 3.8) is 0 Å². The van der Waals surface area contributed by atoms with E-state index in [9.17, 15) is 19.8 Å². The molecule has 0 unspecified atom stereocenters. The molecule has 0 aliphatic carbocycles. The van der Waals surface area contributed by atoms with Crippen LogP contribution < -0.4 is 0 Å². The van der Waals surface area contributed by atoms with Crippen LogP contribution in [0.1, 0.15) is 29.2 Å². The smallest absolute Gasteiger partial charge is 1.00 e. The van der Waals surface area contributed by atoms with E-state index in [1.807, 2.05) is 6.07 Å². The van der Waals surface area contributed by atoms with Crippen molar-refractivity contribution in [2.24, 2.45) is 10.8 Å². The van der Waals surface area contributed by atoms with E-state index in [2.05, 4.69) is 0 Å². The van der Waals surface area contributed by atoms with Gasteiger partial charge in [-0.15, -0.1) is 0 Å². The summed E-state index contributed by atoms with van der Waals surface area (Å²) < 4.78 is 0. The molecule has 0 aromatic heterocycles.